The summed E-state index contributed by atoms with van der Waals surface area (Å²) in [4.78, 5) is 21.1. The highest BCUT2D eigenvalue weighted by molar-refractivity contribution is 5.76. The molecule has 0 bridgehead atoms. The molecule has 15 heavy (non-hydrogen) atoms. The largest absolute Gasteiger partial charge is 0.481 e. The van der Waals surface area contributed by atoms with Gasteiger partial charge in [-0.15, -0.1) is 10.2 Å². The van der Waals surface area contributed by atoms with E-state index in [0.29, 0.717) is 0 Å². The van der Waals surface area contributed by atoms with Crippen LogP contribution in [-0.2, 0) is 9.59 Å². The lowest BCUT2D eigenvalue weighted by Gasteiger charge is -2.08. The maximum Gasteiger partial charge on any atom is 0.312 e. The van der Waals surface area contributed by atoms with Crippen LogP contribution in [0.5, 0.6) is 0 Å². The highest BCUT2D eigenvalue weighted by Gasteiger charge is 2.22. The summed E-state index contributed by atoms with van der Waals surface area (Å²) >= 11 is 0. The van der Waals surface area contributed by atoms with E-state index in [0.717, 1.165) is 0 Å². The SMILES string of the molecule is O=C(O)CCC(C(=O)O)c1ccnnn1. The fourth-order valence-corrected chi connectivity index (χ4v) is 1.10. The van der Waals surface area contributed by atoms with E-state index in [9.17, 15) is 9.59 Å². The van der Waals surface area contributed by atoms with E-state index in [4.69, 9.17) is 10.2 Å². The van der Waals surface area contributed by atoms with Crippen LogP contribution in [0.2, 0.25) is 0 Å². The molecule has 0 aliphatic carbocycles. The molecule has 0 radical (unpaired) electrons. The van der Waals surface area contributed by atoms with Crippen molar-refractivity contribution in [3.8, 4) is 0 Å². The van der Waals surface area contributed by atoms with Crippen LogP contribution >= 0.6 is 0 Å². The van der Waals surface area contributed by atoms with E-state index in [1.165, 1.54) is 12.3 Å². The fraction of sp³-hybridized carbons (Fsp3) is 0.375. The van der Waals surface area contributed by atoms with Crippen molar-refractivity contribution in [2.24, 2.45) is 0 Å². The van der Waals surface area contributed by atoms with Crippen LogP contribution in [0, 0.1) is 0 Å². The van der Waals surface area contributed by atoms with Gasteiger partial charge in [-0.1, -0.05) is 0 Å². The van der Waals surface area contributed by atoms with Gasteiger partial charge in [0, 0.05) is 6.42 Å². The molecule has 0 amide bonds. The number of carbonyl (C=O) groups is 2. The molecule has 0 aliphatic rings. The Hall–Kier alpha value is -2.05. The Bertz CT molecular complexity index is 354. The Balaban J connectivity index is 2.75. The quantitative estimate of drug-likeness (QED) is 0.699. The highest BCUT2D eigenvalue weighted by Crippen LogP contribution is 2.18. The fourth-order valence-electron chi connectivity index (χ4n) is 1.10. The van der Waals surface area contributed by atoms with Gasteiger partial charge in [0.1, 0.15) is 5.92 Å². The Morgan fingerprint density at radius 3 is 2.60 bits per heavy atom. The molecule has 1 rings (SSSR count). The Kier molecular flexibility index (Phi) is 3.67. The first kappa shape index (κ1) is 11.0. The number of aliphatic carboxylic acids is 2. The molecule has 0 spiro atoms. The lowest BCUT2D eigenvalue weighted by molar-refractivity contribution is -0.140. The zero-order chi connectivity index (χ0) is 11.3. The predicted molar refractivity (Wildman–Crippen MR) is 47.1 cm³/mol. The van der Waals surface area contributed by atoms with Gasteiger partial charge in [0.05, 0.1) is 11.9 Å². The molecular weight excluding hydrogens is 202 g/mol. The number of hydrogen-bond donors (Lipinski definition) is 2. The molecule has 7 heteroatoms. The minimum Gasteiger partial charge on any atom is -0.481 e. The van der Waals surface area contributed by atoms with E-state index in [1.54, 1.807) is 0 Å². The molecule has 0 saturated carbocycles. The van der Waals surface area contributed by atoms with Crippen molar-refractivity contribution >= 4 is 11.9 Å². The Morgan fingerprint density at radius 1 is 1.40 bits per heavy atom. The summed E-state index contributed by atoms with van der Waals surface area (Å²) in [5, 5.41) is 27.6. The summed E-state index contributed by atoms with van der Waals surface area (Å²) in [5.41, 5.74) is 0.221. The van der Waals surface area contributed by atoms with Crippen molar-refractivity contribution in [2.45, 2.75) is 18.8 Å². The van der Waals surface area contributed by atoms with Crippen LogP contribution in [0.1, 0.15) is 24.5 Å². The van der Waals surface area contributed by atoms with E-state index in [2.05, 4.69) is 15.4 Å². The Labute approximate surface area is 84.8 Å². The zero-order valence-corrected chi connectivity index (χ0v) is 7.70. The third-order valence-corrected chi connectivity index (χ3v) is 1.83. The standard InChI is InChI=1S/C8H9N3O4/c12-7(13)2-1-5(8(14)15)6-3-4-9-11-10-6/h3-5H,1-2H2,(H,12,13)(H,14,15). The summed E-state index contributed by atoms with van der Waals surface area (Å²) in [5.74, 6) is -3.10. The van der Waals surface area contributed by atoms with E-state index < -0.39 is 17.9 Å². The van der Waals surface area contributed by atoms with E-state index >= 15 is 0 Å². The molecule has 80 valence electrons. The molecule has 0 saturated heterocycles. The first-order chi connectivity index (χ1) is 7.11. The Morgan fingerprint density at radius 2 is 2.13 bits per heavy atom. The molecule has 1 heterocycles. The maximum absolute atomic E-state index is 10.8. The lowest BCUT2D eigenvalue weighted by Crippen LogP contribution is -2.15. The zero-order valence-electron chi connectivity index (χ0n) is 7.70. The predicted octanol–water partition coefficient (Wildman–Crippen LogP) is -0.0954. The third-order valence-electron chi connectivity index (χ3n) is 1.83. The molecule has 1 aromatic rings. The van der Waals surface area contributed by atoms with Crippen molar-refractivity contribution in [1.29, 1.82) is 0 Å². The highest BCUT2D eigenvalue weighted by atomic mass is 16.4. The monoisotopic (exact) mass is 211 g/mol. The van der Waals surface area contributed by atoms with Crippen LogP contribution in [0.15, 0.2) is 12.3 Å². The van der Waals surface area contributed by atoms with Crippen LogP contribution in [0.25, 0.3) is 0 Å². The number of aromatic nitrogens is 3. The number of carboxylic acids is 2. The van der Waals surface area contributed by atoms with Gasteiger partial charge in [-0.3, -0.25) is 9.59 Å². The van der Waals surface area contributed by atoms with Gasteiger partial charge in [-0.25, -0.2) is 0 Å². The maximum atomic E-state index is 10.8. The van der Waals surface area contributed by atoms with Crippen molar-refractivity contribution < 1.29 is 19.8 Å². The molecular formula is C8H9N3O4. The molecule has 0 aliphatic heterocycles. The second kappa shape index (κ2) is 4.99. The molecule has 7 nitrogen and oxygen atoms in total. The second-order valence-electron chi connectivity index (χ2n) is 2.87. The molecule has 0 aromatic carbocycles. The van der Waals surface area contributed by atoms with Gasteiger partial charge in [0.2, 0.25) is 0 Å². The smallest absolute Gasteiger partial charge is 0.312 e. The van der Waals surface area contributed by atoms with Gasteiger partial charge in [-0.05, 0) is 17.7 Å². The van der Waals surface area contributed by atoms with Crippen LogP contribution in [0.3, 0.4) is 0 Å². The molecule has 2 N–H and O–H groups in total. The molecule has 1 atom stereocenters. The van der Waals surface area contributed by atoms with Gasteiger partial charge in [-0.2, -0.15) is 0 Å². The average Bonchev–Trinajstić information content (AvgIpc) is 2.18. The lowest BCUT2D eigenvalue weighted by atomic mass is 10.00. The van der Waals surface area contributed by atoms with Crippen molar-refractivity contribution in [2.75, 3.05) is 0 Å². The number of rotatable bonds is 5. The first-order valence-corrected chi connectivity index (χ1v) is 4.20. The number of carboxylic acid groups (broad SMARTS) is 2. The van der Waals surface area contributed by atoms with Crippen LogP contribution in [-0.4, -0.2) is 37.6 Å². The third kappa shape index (κ3) is 3.29. The number of hydrogen-bond acceptors (Lipinski definition) is 5. The summed E-state index contributed by atoms with van der Waals surface area (Å²) in [6.45, 7) is 0. The van der Waals surface area contributed by atoms with Crippen molar-refractivity contribution in [3.05, 3.63) is 18.0 Å². The summed E-state index contributed by atoms with van der Waals surface area (Å²) in [6, 6.07) is 1.41. The summed E-state index contributed by atoms with van der Waals surface area (Å²) < 4.78 is 0. The molecule has 1 unspecified atom stereocenters. The van der Waals surface area contributed by atoms with Gasteiger partial charge >= 0.3 is 11.9 Å². The van der Waals surface area contributed by atoms with E-state index in [1.807, 2.05) is 0 Å². The normalized spacial score (nSPS) is 12.0. The topological polar surface area (TPSA) is 113 Å². The van der Waals surface area contributed by atoms with Gasteiger partial charge in [0.15, 0.2) is 0 Å². The van der Waals surface area contributed by atoms with Gasteiger partial charge < -0.3 is 10.2 Å². The molecule has 0 fully saturated rings. The van der Waals surface area contributed by atoms with Gasteiger partial charge in [0.25, 0.3) is 0 Å². The summed E-state index contributed by atoms with van der Waals surface area (Å²) in [6.07, 6.45) is 1.09. The minimum atomic E-state index is -1.11. The average molecular weight is 211 g/mol. The second-order valence-corrected chi connectivity index (χ2v) is 2.87. The van der Waals surface area contributed by atoms with Crippen LogP contribution < -0.4 is 0 Å². The van der Waals surface area contributed by atoms with Crippen molar-refractivity contribution in [1.82, 2.24) is 15.4 Å². The number of nitrogens with zero attached hydrogens (tertiary/aromatic N) is 3. The van der Waals surface area contributed by atoms with Crippen LogP contribution in [0.4, 0.5) is 0 Å². The minimum absolute atomic E-state index is 0.0106. The van der Waals surface area contributed by atoms with E-state index in [-0.39, 0.29) is 18.5 Å². The summed E-state index contributed by atoms with van der Waals surface area (Å²) in [7, 11) is 0. The van der Waals surface area contributed by atoms with Crippen molar-refractivity contribution in [3.63, 3.8) is 0 Å². The molecule has 1 aromatic heterocycles. The first-order valence-electron chi connectivity index (χ1n) is 4.20.